The van der Waals surface area contributed by atoms with Crippen molar-refractivity contribution in [3.8, 4) is 0 Å². The molecule has 3 rings (SSSR count). The van der Waals surface area contributed by atoms with Gasteiger partial charge in [0.2, 0.25) is 0 Å². The highest BCUT2D eigenvalue weighted by Gasteiger charge is 2.16. The zero-order chi connectivity index (χ0) is 14.2. The van der Waals surface area contributed by atoms with Gasteiger partial charge in [0.05, 0.1) is 5.54 Å². The summed E-state index contributed by atoms with van der Waals surface area (Å²) in [6.07, 6.45) is 0.709. The van der Waals surface area contributed by atoms with Crippen molar-refractivity contribution in [2.24, 2.45) is 0 Å². The zero-order valence-corrected chi connectivity index (χ0v) is 12.0. The van der Waals surface area contributed by atoms with E-state index in [1.807, 2.05) is 0 Å². The molecule has 1 aromatic heterocycles. The summed E-state index contributed by atoms with van der Waals surface area (Å²) in [6, 6.07) is 14.8. The topological polar surface area (TPSA) is 43.6 Å². The van der Waals surface area contributed by atoms with Gasteiger partial charge in [0.25, 0.3) is 0 Å². The van der Waals surface area contributed by atoms with E-state index in [2.05, 4.69) is 78.6 Å². The molecule has 0 atom stereocenters. The summed E-state index contributed by atoms with van der Waals surface area (Å²) in [5, 5.41) is 15.2. The summed E-state index contributed by atoms with van der Waals surface area (Å²) in [4.78, 5) is 1.67. The fourth-order valence-electron chi connectivity index (χ4n) is 2.13. The van der Waals surface area contributed by atoms with Crippen LogP contribution in [0.25, 0.3) is 10.8 Å². The Kier molecular flexibility index (Phi) is 3.01. The van der Waals surface area contributed by atoms with E-state index in [1.165, 1.54) is 16.3 Å². The highest BCUT2D eigenvalue weighted by Crippen LogP contribution is 2.17. The van der Waals surface area contributed by atoms with Crippen molar-refractivity contribution >= 4 is 10.8 Å². The van der Waals surface area contributed by atoms with Crippen LogP contribution in [0.3, 0.4) is 0 Å². The number of nitrogens with zero attached hydrogens (tertiary/aromatic N) is 4. The quantitative estimate of drug-likeness (QED) is 0.715. The molecule has 102 valence electrons. The molecule has 3 aromatic rings. The second kappa shape index (κ2) is 4.71. The Labute approximate surface area is 118 Å². The van der Waals surface area contributed by atoms with Crippen LogP contribution in [0.4, 0.5) is 0 Å². The lowest BCUT2D eigenvalue weighted by molar-refractivity contribution is 0.305. The van der Waals surface area contributed by atoms with Gasteiger partial charge in [-0.25, -0.2) is 0 Å². The molecule has 0 N–H and O–H groups in total. The van der Waals surface area contributed by atoms with Gasteiger partial charge in [-0.2, -0.15) is 4.80 Å². The van der Waals surface area contributed by atoms with Crippen LogP contribution in [0.5, 0.6) is 0 Å². The molecule has 0 saturated carbocycles. The van der Waals surface area contributed by atoms with E-state index < -0.39 is 0 Å². The normalized spacial score (nSPS) is 11.9. The summed E-state index contributed by atoms with van der Waals surface area (Å²) in [6.45, 7) is 6.19. The Hall–Kier alpha value is -2.23. The van der Waals surface area contributed by atoms with Crippen LogP contribution >= 0.6 is 0 Å². The number of tetrazole rings is 1. The van der Waals surface area contributed by atoms with Crippen molar-refractivity contribution in [1.82, 2.24) is 20.2 Å². The summed E-state index contributed by atoms with van der Waals surface area (Å²) < 4.78 is 0. The second-order valence-corrected chi connectivity index (χ2v) is 6.02. The average molecular weight is 266 g/mol. The molecule has 20 heavy (non-hydrogen) atoms. The van der Waals surface area contributed by atoms with Crippen molar-refractivity contribution in [2.75, 3.05) is 0 Å². The third-order valence-corrected chi connectivity index (χ3v) is 3.23. The molecule has 2 aromatic carbocycles. The fraction of sp³-hybridized carbons (Fsp3) is 0.312. The third-order valence-electron chi connectivity index (χ3n) is 3.23. The number of hydrogen-bond acceptors (Lipinski definition) is 3. The van der Waals surface area contributed by atoms with Crippen LogP contribution < -0.4 is 0 Å². The standard InChI is InChI=1S/C16H18N4/c1-16(2,3)20-18-15(17-19-20)11-12-8-9-13-6-4-5-7-14(13)10-12/h4-10H,11H2,1-3H3. The second-order valence-electron chi connectivity index (χ2n) is 6.02. The van der Waals surface area contributed by atoms with Gasteiger partial charge in [-0.1, -0.05) is 42.5 Å². The first-order valence-electron chi connectivity index (χ1n) is 6.79. The lowest BCUT2D eigenvalue weighted by Gasteiger charge is -2.15. The molecule has 0 aliphatic rings. The van der Waals surface area contributed by atoms with Crippen molar-refractivity contribution in [3.05, 3.63) is 53.9 Å². The molecule has 0 radical (unpaired) electrons. The van der Waals surface area contributed by atoms with Gasteiger partial charge in [-0.05, 0) is 42.3 Å². The van der Waals surface area contributed by atoms with Crippen LogP contribution in [0.15, 0.2) is 42.5 Å². The van der Waals surface area contributed by atoms with Crippen LogP contribution in [-0.2, 0) is 12.0 Å². The lowest BCUT2D eigenvalue weighted by atomic mass is 10.1. The first-order valence-corrected chi connectivity index (χ1v) is 6.79. The molecule has 0 saturated heterocycles. The van der Waals surface area contributed by atoms with Gasteiger partial charge >= 0.3 is 0 Å². The Balaban J connectivity index is 1.87. The van der Waals surface area contributed by atoms with Crippen LogP contribution in [0.2, 0.25) is 0 Å². The molecule has 0 aliphatic carbocycles. The minimum absolute atomic E-state index is 0.130. The van der Waals surface area contributed by atoms with Crippen LogP contribution in [0.1, 0.15) is 32.2 Å². The maximum absolute atomic E-state index is 4.45. The van der Waals surface area contributed by atoms with Crippen molar-refractivity contribution < 1.29 is 0 Å². The van der Waals surface area contributed by atoms with E-state index in [1.54, 1.807) is 4.80 Å². The van der Waals surface area contributed by atoms with Crippen molar-refractivity contribution in [3.63, 3.8) is 0 Å². The summed E-state index contributed by atoms with van der Waals surface area (Å²) in [5.41, 5.74) is 1.08. The molecule has 0 spiro atoms. The van der Waals surface area contributed by atoms with E-state index in [4.69, 9.17) is 0 Å². The molecule has 0 amide bonds. The predicted octanol–water partition coefficient (Wildman–Crippen LogP) is 3.17. The molecule has 0 aliphatic heterocycles. The SMILES string of the molecule is CC(C)(C)n1nnc(Cc2ccc3ccccc3c2)n1. The van der Waals surface area contributed by atoms with Crippen LogP contribution in [0, 0.1) is 0 Å². The summed E-state index contributed by atoms with van der Waals surface area (Å²) in [5.74, 6) is 0.759. The van der Waals surface area contributed by atoms with Gasteiger partial charge in [-0.15, -0.1) is 10.2 Å². The van der Waals surface area contributed by atoms with E-state index in [-0.39, 0.29) is 5.54 Å². The first-order chi connectivity index (χ1) is 9.52. The lowest BCUT2D eigenvalue weighted by Crippen LogP contribution is -2.24. The average Bonchev–Trinajstić information content (AvgIpc) is 2.87. The highest BCUT2D eigenvalue weighted by molar-refractivity contribution is 5.83. The van der Waals surface area contributed by atoms with Gasteiger partial charge in [0, 0.05) is 6.42 Å². The Morgan fingerprint density at radius 2 is 1.75 bits per heavy atom. The van der Waals surface area contributed by atoms with Crippen molar-refractivity contribution in [2.45, 2.75) is 32.7 Å². The monoisotopic (exact) mass is 266 g/mol. The smallest absolute Gasteiger partial charge is 0.159 e. The number of fused-ring (bicyclic) bond motifs is 1. The van der Waals surface area contributed by atoms with E-state index >= 15 is 0 Å². The van der Waals surface area contributed by atoms with E-state index in [0.29, 0.717) is 6.42 Å². The number of aromatic nitrogens is 4. The fourth-order valence-corrected chi connectivity index (χ4v) is 2.13. The number of benzene rings is 2. The highest BCUT2D eigenvalue weighted by atomic mass is 15.6. The summed E-state index contributed by atoms with van der Waals surface area (Å²) in [7, 11) is 0. The van der Waals surface area contributed by atoms with Crippen molar-refractivity contribution in [1.29, 1.82) is 0 Å². The van der Waals surface area contributed by atoms with E-state index in [9.17, 15) is 0 Å². The van der Waals surface area contributed by atoms with E-state index in [0.717, 1.165) is 5.82 Å². The Bertz CT molecular complexity index is 737. The number of hydrogen-bond donors (Lipinski definition) is 0. The molecule has 4 nitrogen and oxygen atoms in total. The molecular weight excluding hydrogens is 248 g/mol. The molecule has 0 bridgehead atoms. The number of rotatable bonds is 2. The molecular formula is C16H18N4. The molecule has 0 fully saturated rings. The largest absolute Gasteiger partial charge is 0.179 e. The van der Waals surface area contributed by atoms with Gasteiger partial charge in [0.15, 0.2) is 5.82 Å². The van der Waals surface area contributed by atoms with Gasteiger partial charge < -0.3 is 0 Å². The van der Waals surface area contributed by atoms with Gasteiger partial charge in [0.1, 0.15) is 0 Å². The van der Waals surface area contributed by atoms with Crippen LogP contribution in [-0.4, -0.2) is 20.2 Å². The molecule has 1 heterocycles. The molecule has 4 heteroatoms. The minimum atomic E-state index is -0.130. The maximum Gasteiger partial charge on any atom is 0.179 e. The maximum atomic E-state index is 4.45. The predicted molar refractivity (Wildman–Crippen MR) is 79.6 cm³/mol. The van der Waals surface area contributed by atoms with Gasteiger partial charge in [-0.3, -0.25) is 0 Å². The molecule has 0 unspecified atom stereocenters. The first kappa shape index (κ1) is 12.8. The third kappa shape index (κ3) is 2.54. The Morgan fingerprint density at radius 3 is 2.45 bits per heavy atom. The minimum Gasteiger partial charge on any atom is -0.159 e. The Morgan fingerprint density at radius 1 is 1.00 bits per heavy atom. The summed E-state index contributed by atoms with van der Waals surface area (Å²) >= 11 is 0. The zero-order valence-electron chi connectivity index (χ0n) is 12.0.